The summed E-state index contributed by atoms with van der Waals surface area (Å²) in [6.07, 6.45) is 5.65. The van der Waals surface area contributed by atoms with E-state index in [0.29, 0.717) is 25.5 Å². The number of ether oxygens (including phenoxy) is 1. The second-order valence-corrected chi connectivity index (χ2v) is 4.60. The Morgan fingerprint density at radius 1 is 1.50 bits per heavy atom. The molecule has 0 aliphatic carbocycles. The summed E-state index contributed by atoms with van der Waals surface area (Å²) < 4.78 is 7.27. The van der Waals surface area contributed by atoms with Crippen LogP contribution in [-0.2, 0) is 17.8 Å². The molecule has 0 fully saturated rings. The molecule has 2 aromatic heterocycles. The van der Waals surface area contributed by atoms with E-state index in [-0.39, 0.29) is 5.91 Å². The first-order chi connectivity index (χ1) is 9.78. The zero-order valence-electron chi connectivity index (χ0n) is 11.3. The van der Waals surface area contributed by atoms with Gasteiger partial charge in [0, 0.05) is 18.9 Å². The number of carbonyl (C=O) groups excluding carboxylic acids is 1. The molecular weight excluding hydrogens is 256 g/mol. The molecule has 0 radical (unpaired) electrons. The smallest absolute Gasteiger partial charge is 0.238 e. The Kier molecular flexibility index (Phi) is 3.37. The second kappa shape index (κ2) is 5.32. The fourth-order valence-electron chi connectivity index (χ4n) is 2.25. The summed E-state index contributed by atoms with van der Waals surface area (Å²) in [5.41, 5.74) is 1.67. The molecule has 1 aliphatic rings. The van der Waals surface area contributed by atoms with E-state index in [1.165, 1.54) is 0 Å². The van der Waals surface area contributed by atoms with Crippen LogP contribution >= 0.6 is 0 Å². The fraction of sp³-hybridized carbons (Fsp3) is 0.357. The highest BCUT2D eigenvalue weighted by molar-refractivity contribution is 5.96. The molecule has 0 saturated heterocycles. The van der Waals surface area contributed by atoms with E-state index in [2.05, 4.69) is 10.1 Å². The lowest BCUT2D eigenvalue weighted by molar-refractivity contribution is -0.118. The average Bonchev–Trinajstić information content (AvgIpc) is 2.94. The molecule has 1 aliphatic heterocycles. The van der Waals surface area contributed by atoms with Crippen LogP contribution in [0.15, 0.2) is 30.7 Å². The first-order valence-corrected chi connectivity index (χ1v) is 6.67. The van der Waals surface area contributed by atoms with Crippen LogP contribution in [0.5, 0.6) is 5.88 Å². The molecule has 1 amide bonds. The highest BCUT2D eigenvalue weighted by atomic mass is 16.5. The van der Waals surface area contributed by atoms with Gasteiger partial charge < -0.3 is 9.64 Å². The van der Waals surface area contributed by atoms with Gasteiger partial charge in [0.1, 0.15) is 12.3 Å². The van der Waals surface area contributed by atoms with Crippen molar-refractivity contribution in [3.05, 3.63) is 36.3 Å². The number of aromatic nitrogens is 3. The van der Waals surface area contributed by atoms with Gasteiger partial charge in [0.05, 0.1) is 19.2 Å². The van der Waals surface area contributed by atoms with Crippen molar-refractivity contribution in [2.75, 3.05) is 18.1 Å². The number of amides is 1. The lowest BCUT2D eigenvalue weighted by Gasteiger charge is -2.28. The van der Waals surface area contributed by atoms with Gasteiger partial charge in [-0.15, -0.1) is 0 Å². The summed E-state index contributed by atoms with van der Waals surface area (Å²) in [5, 5.41) is 4.19. The molecule has 0 bridgehead atoms. The zero-order chi connectivity index (χ0) is 13.9. The average molecular weight is 272 g/mol. The van der Waals surface area contributed by atoms with Gasteiger partial charge in [0.25, 0.3) is 0 Å². The van der Waals surface area contributed by atoms with Crippen LogP contribution in [-0.4, -0.2) is 33.8 Å². The molecule has 20 heavy (non-hydrogen) atoms. The van der Waals surface area contributed by atoms with Crippen molar-refractivity contribution in [2.45, 2.75) is 19.9 Å². The summed E-state index contributed by atoms with van der Waals surface area (Å²) in [6, 6.07) is 3.66. The highest BCUT2D eigenvalue weighted by Crippen LogP contribution is 2.28. The number of hydrogen-bond acceptors (Lipinski definition) is 4. The Bertz CT molecular complexity index is 623. The predicted molar refractivity (Wildman–Crippen MR) is 73.7 cm³/mol. The van der Waals surface area contributed by atoms with Gasteiger partial charge in [-0.2, -0.15) is 5.10 Å². The van der Waals surface area contributed by atoms with Crippen LogP contribution in [0.4, 0.5) is 5.69 Å². The van der Waals surface area contributed by atoms with Gasteiger partial charge in [-0.25, -0.2) is 4.98 Å². The van der Waals surface area contributed by atoms with E-state index in [4.69, 9.17) is 4.74 Å². The molecule has 3 rings (SSSR count). The third-order valence-corrected chi connectivity index (χ3v) is 3.26. The molecule has 0 aromatic carbocycles. The Morgan fingerprint density at radius 3 is 3.20 bits per heavy atom. The van der Waals surface area contributed by atoms with Crippen molar-refractivity contribution in [1.82, 2.24) is 14.8 Å². The SMILES string of the molecule is CCn1cc(CC(=O)N2CCOc3ncccc32)cn1. The van der Waals surface area contributed by atoms with E-state index in [1.54, 1.807) is 17.3 Å². The minimum Gasteiger partial charge on any atom is -0.474 e. The number of nitrogens with zero attached hydrogens (tertiary/aromatic N) is 4. The quantitative estimate of drug-likeness (QED) is 0.844. The van der Waals surface area contributed by atoms with Crippen LogP contribution in [0, 0.1) is 0 Å². The number of anilines is 1. The Labute approximate surface area is 117 Å². The van der Waals surface area contributed by atoms with Crippen molar-refractivity contribution < 1.29 is 9.53 Å². The number of hydrogen-bond donors (Lipinski definition) is 0. The van der Waals surface area contributed by atoms with E-state index >= 15 is 0 Å². The standard InChI is InChI=1S/C14H16N4O2/c1-2-17-10-11(9-16-17)8-13(19)18-6-7-20-14-12(18)4-3-5-15-14/h3-5,9-10H,2,6-8H2,1H3. The monoisotopic (exact) mass is 272 g/mol. The number of fused-ring (bicyclic) bond motifs is 1. The predicted octanol–water partition coefficient (Wildman–Crippen LogP) is 1.27. The van der Waals surface area contributed by atoms with Gasteiger partial charge in [0.15, 0.2) is 0 Å². The molecular formula is C14H16N4O2. The fourth-order valence-corrected chi connectivity index (χ4v) is 2.25. The van der Waals surface area contributed by atoms with Crippen molar-refractivity contribution in [2.24, 2.45) is 0 Å². The number of aryl methyl sites for hydroxylation is 1. The van der Waals surface area contributed by atoms with Crippen LogP contribution in [0.25, 0.3) is 0 Å². The van der Waals surface area contributed by atoms with Crippen LogP contribution < -0.4 is 9.64 Å². The lowest BCUT2D eigenvalue weighted by atomic mass is 10.2. The third-order valence-electron chi connectivity index (χ3n) is 3.26. The van der Waals surface area contributed by atoms with Crippen LogP contribution in [0.3, 0.4) is 0 Å². The van der Waals surface area contributed by atoms with Crippen molar-refractivity contribution >= 4 is 11.6 Å². The molecule has 0 N–H and O–H groups in total. The normalized spacial score (nSPS) is 13.8. The Hall–Kier alpha value is -2.37. The summed E-state index contributed by atoms with van der Waals surface area (Å²) in [7, 11) is 0. The molecule has 0 unspecified atom stereocenters. The summed E-state index contributed by atoms with van der Waals surface area (Å²) in [5.74, 6) is 0.564. The molecule has 6 nitrogen and oxygen atoms in total. The minimum absolute atomic E-state index is 0.0400. The van der Waals surface area contributed by atoms with Gasteiger partial charge in [-0.05, 0) is 24.6 Å². The number of rotatable bonds is 3. The van der Waals surface area contributed by atoms with Crippen molar-refractivity contribution in [1.29, 1.82) is 0 Å². The largest absolute Gasteiger partial charge is 0.474 e. The van der Waals surface area contributed by atoms with E-state index < -0.39 is 0 Å². The Balaban J connectivity index is 1.78. The summed E-state index contributed by atoms with van der Waals surface area (Å²) in [6.45, 7) is 3.85. The minimum atomic E-state index is 0.0400. The maximum atomic E-state index is 12.4. The summed E-state index contributed by atoms with van der Waals surface area (Å²) >= 11 is 0. The maximum Gasteiger partial charge on any atom is 0.238 e. The second-order valence-electron chi connectivity index (χ2n) is 4.60. The van der Waals surface area contributed by atoms with E-state index in [9.17, 15) is 4.79 Å². The molecule has 0 atom stereocenters. The van der Waals surface area contributed by atoms with Crippen LogP contribution in [0.2, 0.25) is 0 Å². The van der Waals surface area contributed by atoms with E-state index in [0.717, 1.165) is 17.8 Å². The van der Waals surface area contributed by atoms with Gasteiger partial charge in [-0.3, -0.25) is 9.48 Å². The highest BCUT2D eigenvalue weighted by Gasteiger charge is 2.24. The molecule has 0 spiro atoms. The molecule has 2 aromatic rings. The zero-order valence-corrected chi connectivity index (χ0v) is 11.3. The molecule has 0 saturated carbocycles. The van der Waals surface area contributed by atoms with Gasteiger partial charge in [0.2, 0.25) is 11.8 Å². The molecule has 6 heteroatoms. The molecule has 104 valence electrons. The van der Waals surface area contributed by atoms with Crippen molar-refractivity contribution in [3.8, 4) is 5.88 Å². The van der Waals surface area contributed by atoms with Gasteiger partial charge >= 0.3 is 0 Å². The number of pyridine rings is 1. The lowest BCUT2D eigenvalue weighted by Crippen LogP contribution is -2.39. The Morgan fingerprint density at radius 2 is 2.40 bits per heavy atom. The van der Waals surface area contributed by atoms with Crippen LogP contribution in [0.1, 0.15) is 12.5 Å². The number of carbonyl (C=O) groups is 1. The van der Waals surface area contributed by atoms with Gasteiger partial charge in [-0.1, -0.05) is 0 Å². The maximum absolute atomic E-state index is 12.4. The third kappa shape index (κ3) is 2.36. The topological polar surface area (TPSA) is 60.2 Å². The molecule has 3 heterocycles. The summed E-state index contributed by atoms with van der Waals surface area (Å²) in [4.78, 5) is 18.3. The van der Waals surface area contributed by atoms with E-state index in [1.807, 2.05) is 29.9 Å². The first kappa shape index (κ1) is 12.7. The van der Waals surface area contributed by atoms with Crippen molar-refractivity contribution in [3.63, 3.8) is 0 Å². The first-order valence-electron chi connectivity index (χ1n) is 6.67.